The molecule has 0 amide bonds. The van der Waals surface area contributed by atoms with Crippen LogP contribution in [0.1, 0.15) is 29.5 Å². The van der Waals surface area contributed by atoms with Crippen molar-refractivity contribution in [3.8, 4) is 17.2 Å². The molecule has 0 saturated carbocycles. The third-order valence-corrected chi connectivity index (χ3v) is 6.38. The van der Waals surface area contributed by atoms with Gasteiger partial charge < -0.3 is 24.1 Å². The van der Waals surface area contributed by atoms with Gasteiger partial charge >= 0.3 is 12.3 Å². The first-order valence-corrected chi connectivity index (χ1v) is 12.4. The zero-order valence-corrected chi connectivity index (χ0v) is 21.2. The maximum Gasteiger partial charge on any atom is 0.506 e. The molecule has 40 heavy (non-hydrogen) atoms. The lowest BCUT2D eigenvalue weighted by atomic mass is 10.0. The molecule has 2 aromatic carbocycles. The van der Waals surface area contributed by atoms with E-state index in [1.54, 1.807) is 6.08 Å². The fraction of sp³-hybridized carbons (Fsp3) is 0.444. The van der Waals surface area contributed by atoms with Crippen molar-refractivity contribution in [2.24, 2.45) is 0 Å². The van der Waals surface area contributed by atoms with Gasteiger partial charge in [0.25, 0.3) is 0 Å². The molecular weight excluding hydrogens is 548 g/mol. The van der Waals surface area contributed by atoms with Crippen LogP contribution in [0.2, 0.25) is 0 Å². The van der Waals surface area contributed by atoms with E-state index in [0.29, 0.717) is 19.5 Å². The topological polar surface area (TPSA) is 77.5 Å². The Morgan fingerprint density at radius 1 is 1.18 bits per heavy atom. The summed E-state index contributed by atoms with van der Waals surface area (Å²) < 4.78 is 102. The minimum Gasteiger partial charge on any atom is -0.489 e. The Morgan fingerprint density at radius 3 is 2.65 bits per heavy atom. The lowest BCUT2D eigenvalue weighted by Gasteiger charge is -2.33. The molecule has 0 aliphatic carbocycles. The second-order valence-electron chi connectivity index (χ2n) is 9.46. The average Bonchev–Trinajstić information content (AvgIpc) is 2.90. The van der Waals surface area contributed by atoms with Gasteiger partial charge in [-0.15, -0.1) is 0 Å². The summed E-state index contributed by atoms with van der Waals surface area (Å²) in [5, 5.41) is 8.84. The van der Waals surface area contributed by atoms with E-state index >= 15 is 0 Å². The van der Waals surface area contributed by atoms with Crippen molar-refractivity contribution in [3.63, 3.8) is 0 Å². The second-order valence-corrected chi connectivity index (χ2v) is 9.46. The highest BCUT2D eigenvalue weighted by Gasteiger charge is 2.35. The molecule has 7 nitrogen and oxygen atoms in total. The Labute approximate surface area is 225 Å². The lowest BCUT2D eigenvalue weighted by Crippen LogP contribution is -2.41. The summed E-state index contributed by atoms with van der Waals surface area (Å²) >= 11 is 0. The van der Waals surface area contributed by atoms with Crippen LogP contribution in [0, 0.1) is 5.82 Å². The Bertz CT molecular complexity index is 1230. The maximum absolute atomic E-state index is 14.9. The van der Waals surface area contributed by atoms with E-state index in [1.807, 2.05) is 4.90 Å². The van der Waals surface area contributed by atoms with Crippen molar-refractivity contribution < 1.29 is 55.2 Å². The number of carboxylic acid groups (broad SMARTS) is 1. The number of hydrogen-bond acceptors (Lipinski definition) is 6. The van der Waals surface area contributed by atoms with E-state index in [0.717, 1.165) is 36.7 Å². The van der Waals surface area contributed by atoms with Gasteiger partial charge in [-0.1, -0.05) is 6.07 Å². The molecule has 1 atom stereocenters. The van der Waals surface area contributed by atoms with Crippen LogP contribution < -0.4 is 14.2 Å². The molecule has 0 unspecified atom stereocenters. The predicted octanol–water partition coefficient (Wildman–Crippen LogP) is 6.04. The van der Waals surface area contributed by atoms with Crippen LogP contribution in [-0.2, 0) is 17.5 Å². The number of fused-ring (bicyclic) bond motifs is 1. The summed E-state index contributed by atoms with van der Waals surface area (Å²) in [6.45, 7) is -1.19. The molecule has 1 N–H and O–H groups in total. The number of likely N-dealkylation sites (tertiary alicyclic amines) is 1. The van der Waals surface area contributed by atoms with Gasteiger partial charge in [0.2, 0.25) is 0 Å². The quantitative estimate of drug-likeness (QED) is 0.273. The Morgan fingerprint density at radius 2 is 1.95 bits per heavy atom. The molecule has 2 aliphatic heterocycles. The average molecular weight is 576 g/mol. The highest BCUT2D eigenvalue weighted by molar-refractivity contribution is 5.64. The number of alkyl halides is 5. The molecule has 218 valence electrons. The van der Waals surface area contributed by atoms with Gasteiger partial charge in [0.15, 0.2) is 6.10 Å². The summed E-state index contributed by atoms with van der Waals surface area (Å²) in [5.74, 6) is -1.13. The number of benzene rings is 2. The summed E-state index contributed by atoms with van der Waals surface area (Å²) in [7, 11) is 0. The predicted molar refractivity (Wildman–Crippen MR) is 131 cm³/mol. The van der Waals surface area contributed by atoms with E-state index in [4.69, 9.17) is 24.1 Å². The normalized spacial score (nSPS) is 17.6. The number of nitrogens with zero attached hydrogens (tertiary/aromatic N) is 1. The van der Waals surface area contributed by atoms with Crippen molar-refractivity contribution >= 4 is 12.2 Å². The molecule has 1 fully saturated rings. The molecule has 13 heteroatoms. The van der Waals surface area contributed by atoms with Crippen LogP contribution in [0.25, 0.3) is 6.08 Å². The minimum absolute atomic E-state index is 0.0293. The van der Waals surface area contributed by atoms with Crippen LogP contribution in [0.15, 0.2) is 35.9 Å². The summed E-state index contributed by atoms with van der Waals surface area (Å²) in [6.07, 6.45) is -5.22. The first-order chi connectivity index (χ1) is 19.0. The lowest BCUT2D eigenvalue weighted by molar-refractivity contribution is -0.139. The SMILES string of the molecule is O=C(O)O[C@H]1CCCN(CC2=Cc3c(F)cc(OCc4ccc(OC(CF)CF)c(C(F)(F)F)c4)cc3OC2)C1. The van der Waals surface area contributed by atoms with Crippen molar-refractivity contribution in [2.75, 3.05) is 39.6 Å². The van der Waals surface area contributed by atoms with Crippen LogP contribution in [0.3, 0.4) is 0 Å². The highest BCUT2D eigenvalue weighted by atomic mass is 19.4. The Kier molecular flexibility index (Phi) is 9.33. The van der Waals surface area contributed by atoms with Gasteiger partial charge in [0, 0.05) is 25.2 Å². The fourth-order valence-electron chi connectivity index (χ4n) is 4.54. The van der Waals surface area contributed by atoms with E-state index < -0.39 is 55.0 Å². The molecule has 0 spiro atoms. The Balaban J connectivity index is 1.43. The van der Waals surface area contributed by atoms with Crippen LogP contribution in [0.5, 0.6) is 17.2 Å². The summed E-state index contributed by atoms with van der Waals surface area (Å²) in [5.41, 5.74) is -0.168. The van der Waals surface area contributed by atoms with Gasteiger partial charge in [0.05, 0.1) is 11.1 Å². The highest BCUT2D eigenvalue weighted by Crippen LogP contribution is 2.38. The van der Waals surface area contributed by atoms with E-state index in [1.165, 1.54) is 12.1 Å². The minimum atomic E-state index is -4.85. The summed E-state index contributed by atoms with van der Waals surface area (Å²) in [6, 6.07) is 5.48. The van der Waals surface area contributed by atoms with Crippen LogP contribution >= 0.6 is 0 Å². The van der Waals surface area contributed by atoms with Crippen molar-refractivity contribution in [3.05, 3.63) is 58.4 Å². The van der Waals surface area contributed by atoms with E-state index in [2.05, 4.69) is 0 Å². The van der Waals surface area contributed by atoms with E-state index in [9.17, 15) is 31.1 Å². The van der Waals surface area contributed by atoms with Gasteiger partial charge in [-0.2, -0.15) is 13.2 Å². The molecule has 1 saturated heterocycles. The Hall–Kier alpha value is -3.61. The first kappa shape index (κ1) is 29.4. The largest absolute Gasteiger partial charge is 0.506 e. The van der Waals surface area contributed by atoms with E-state index in [-0.39, 0.29) is 35.8 Å². The number of piperidine rings is 1. The third kappa shape index (κ3) is 7.52. The standard InChI is InChI=1S/C27H27F6NO6/c28-10-20(11-29)39-24-4-3-16(7-22(24)27(31,32)33)14-37-19-8-23(30)21-6-17(15-38-25(21)9-19)12-34-5-1-2-18(13-34)40-26(35)36/h3-4,6-9,18,20H,1-2,5,10-15H2,(H,35,36)/t18-/m0/s1. The smallest absolute Gasteiger partial charge is 0.489 e. The molecular formula is C27H27F6NO6. The van der Waals surface area contributed by atoms with Gasteiger partial charge in [-0.05, 0) is 48.7 Å². The molecule has 4 rings (SSSR count). The van der Waals surface area contributed by atoms with Crippen molar-refractivity contribution in [2.45, 2.75) is 37.8 Å². The molecule has 0 aromatic heterocycles. The number of ether oxygens (including phenoxy) is 4. The number of halogens is 6. The number of carbonyl (C=O) groups is 1. The molecule has 2 heterocycles. The van der Waals surface area contributed by atoms with Crippen molar-refractivity contribution in [1.29, 1.82) is 0 Å². The molecule has 2 aromatic rings. The molecule has 0 radical (unpaired) electrons. The van der Waals surface area contributed by atoms with Gasteiger partial charge in [-0.25, -0.2) is 18.0 Å². The molecule has 0 bridgehead atoms. The fourth-order valence-corrected chi connectivity index (χ4v) is 4.54. The second kappa shape index (κ2) is 12.7. The first-order valence-electron chi connectivity index (χ1n) is 12.4. The van der Waals surface area contributed by atoms with Crippen LogP contribution in [0.4, 0.5) is 31.1 Å². The third-order valence-electron chi connectivity index (χ3n) is 6.38. The van der Waals surface area contributed by atoms with Crippen LogP contribution in [-0.4, -0.2) is 68.0 Å². The monoisotopic (exact) mass is 575 g/mol. The zero-order chi connectivity index (χ0) is 28.9. The maximum atomic E-state index is 14.9. The van der Waals surface area contributed by atoms with Gasteiger partial charge in [0.1, 0.15) is 55.7 Å². The summed E-state index contributed by atoms with van der Waals surface area (Å²) in [4.78, 5) is 12.8. The van der Waals surface area contributed by atoms with Gasteiger partial charge in [-0.3, -0.25) is 4.90 Å². The number of hydrogen-bond donors (Lipinski definition) is 1. The zero-order valence-electron chi connectivity index (χ0n) is 21.2. The van der Waals surface area contributed by atoms with Crippen molar-refractivity contribution in [1.82, 2.24) is 4.90 Å². The number of rotatable bonds is 10. The molecule has 2 aliphatic rings.